The van der Waals surface area contributed by atoms with Crippen molar-refractivity contribution in [3.05, 3.63) is 71.8 Å². The van der Waals surface area contributed by atoms with Crippen LogP contribution in [-0.4, -0.2) is 66.1 Å². The van der Waals surface area contributed by atoms with Gasteiger partial charge in [0, 0.05) is 6.42 Å². The van der Waals surface area contributed by atoms with Crippen LogP contribution in [0, 0.1) is 0 Å². The molecule has 0 saturated heterocycles. The van der Waals surface area contributed by atoms with Crippen LogP contribution in [0.5, 0.6) is 0 Å². The molecule has 224 valence electrons. The van der Waals surface area contributed by atoms with Gasteiger partial charge in [-0.05, 0) is 69.2 Å². The molecule has 0 aliphatic carbocycles. The Morgan fingerprint density at radius 3 is 1.56 bits per heavy atom. The minimum Gasteiger partial charge on any atom is -0.480 e. The number of carboxylic acid groups (broad SMARTS) is 1. The SMILES string of the molecule is NCCCC[C@@H](NC(=O)[C@@H](CCCCN)NC(=O)[C@@H](Cc1ccccc1)NC(=O)[C@H](N)Cc1ccccc1)C(=O)O. The van der Waals surface area contributed by atoms with Crippen molar-refractivity contribution in [2.75, 3.05) is 13.1 Å². The van der Waals surface area contributed by atoms with Gasteiger partial charge in [-0.2, -0.15) is 0 Å². The molecule has 0 aromatic heterocycles. The van der Waals surface area contributed by atoms with E-state index in [1.54, 1.807) is 0 Å². The number of unbranched alkanes of at least 4 members (excludes halogenated alkanes) is 2. The predicted octanol–water partition coefficient (Wildman–Crippen LogP) is 0.596. The third-order valence-corrected chi connectivity index (χ3v) is 6.69. The van der Waals surface area contributed by atoms with E-state index >= 15 is 0 Å². The zero-order chi connectivity index (χ0) is 30.0. The van der Waals surface area contributed by atoms with Crippen LogP contribution in [0.25, 0.3) is 0 Å². The summed E-state index contributed by atoms with van der Waals surface area (Å²) in [5.41, 5.74) is 19.0. The van der Waals surface area contributed by atoms with E-state index in [0.29, 0.717) is 38.8 Å². The second kappa shape index (κ2) is 18.5. The lowest BCUT2D eigenvalue weighted by Crippen LogP contribution is -2.57. The van der Waals surface area contributed by atoms with Crippen molar-refractivity contribution >= 4 is 23.7 Å². The highest BCUT2D eigenvalue weighted by atomic mass is 16.4. The second-order valence-electron chi connectivity index (χ2n) is 10.1. The van der Waals surface area contributed by atoms with Crippen molar-refractivity contribution in [2.24, 2.45) is 17.2 Å². The summed E-state index contributed by atoms with van der Waals surface area (Å²) in [7, 11) is 0. The van der Waals surface area contributed by atoms with Gasteiger partial charge in [0.15, 0.2) is 0 Å². The summed E-state index contributed by atoms with van der Waals surface area (Å²) in [5, 5.41) is 17.6. The van der Waals surface area contributed by atoms with Gasteiger partial charge in [0.2, 0.25) is 17.7 Å². The van der Waals surface area contributed by atoms with E-state index in [9.17, 15) is 24.3 Å². The molecular formula is C30H44N6O5. The lowest BCUT2D eigenvalue weighted by atomic mass is 10.0. The first-order chi connectivity index (χ1) is 19.7. The number of nitrogens with two attached hydrogens (primary N) is 3. The Bertz CT molecular complexity index is 1090. The monoisotopic (exact) mass is 568 g/mol. The molecule has 11 heteroatoms. The molecule has 2 aromatic rings. The van der Waals surface area contributed by atoms with Gasteiger partial charge in [0.25, 0.3) is 0 Å². The number of hydrogen-bond acceptors (Lipinski definition) is 7. The van der Waals surface area contributed by atoms with Gasteiger partial charge in [-0.3, -0.25) is 14.4 Å². The van der Waals surface area contributed by atoms with Gasteiger partial charge >= 0.3 is 5.97 Å². The zero-order valence-corrected chi connectivity index (χ0v) is 23.5. The van der Waals surface area contributed by atoms with Gasteiger partial charge in [0.05, 0.1) is 6.04 Å². The average Bonchev–Trinajstić information content (AvgIpc) is 2.96. The molecule has 0 unspecified atom stereocenters. The fourth-order valence-electron chi connectivity index (χ4n) is 4.35. The van der Waals surface area contributed by atoms with Crippen LogP contribution in [0.3, 0.4) is 0 Å². The first-order valence-corrected chi connectivity index (χ1v) is 14.1. The van der Waals surface area contributed by atoms with E-state index in [-0.39, 0.29) is 25.7 Å². The summed E-state index contributed by atoms with van der Waals surface area (Å²) in [6.07, 6.45) is 3.25. The number of amides is 3. The molecule has 0 bridgehead atoms. The van der Waals surface area contributed by atoms with Crippen LogP contribution < -0.4 is 33.2 Å². The minimum absolute atomic E-state index is 0.171. The minimum atomic E-state index is -1.16. The molecular weight excluding hydrogens is 524 g/mol. The molecule has 41 heavy (non-hydrogen) atoms. The lowest BCUT2D eigenvalue weighted by molar-refractivity contribution is -0.142. The normalized spacial score (nSPS) is 13.8. The molecule has 0 aliphatic heterocycles. The van der Waals surface area contributed by atoms with E-state index in [4.69, 9.17) is 17.2 Å². The number of carbonyl (C=O) groups is 4. The fraction of sp³-hybridized carbons (Fsp3) is 0.467. The molecule has 0 heterocycles. The molecule has 0 radical (unpaired) electrons. The topological polar surface area (TPSA) is 203 Å². The molecule has 2 aromatic carbocycles. The molecule has 2 rings (SSSR count). The molecule has 3 amide bonds. The number of carbonyl (C=O) groups excluding carboxylic acids is 3. The highest BCUT2D eigenvalue weighted by Crippen LogP contribution is 2.09. The number of nitrogens with one attached hydrogen (secondary N) is 3. The number of carboxylic acids is 1. The Morgan fingerprint density at radius 1 is 0.610 bits per heavy atom. The smallest absolute Gasteiger partial charge is 0.326 e. The van der Waals surface area contributed by atoms with Crippen molar-refractivity contribution in [2.45, 2.75) is 75.5 Å². The standard InChI is InChI=1S/C30H44N6O5/c31-17-9-7-15-24(28(38)35-25(30(40)41)16-8-10-18-32)34-29(39)26(20-22-13-5-2-6-14-22)36-27(37)23(33)19-21-11-3-1-4-12-21/h1-6,11-14,23-26H,7-10,15-20,31-33H2,(H,34,39)(H,35,38)(H,36,37)(H,40,41)/t23-,24-,25-,26-/m1/s1. The average molecular weight is 569 g/mol. The maximum atomic E-state index is 13.5. The van der Waals surface area contributed by atoms with Gasteiger partial charge in [0.1, 0.15) is 18.1 Å². The van der Waals surface area contributed by atoms with Crippen molar-refractivity contribution < 1.29 is 24.3 Å². The number of benzene rings is 2. The van der Waals surface area contributed by atoms with Gasteiger partial charge in [-0.15, -0.1) is 0 Å². The number of aliphatic carboxylic acids is 1. The van der Waals surface area contributed by atoms with Crippen molar-refractivity contribution in [3.63, 3.8) is 0 Å². The lowest BCUT2D eigenvalue weighted by Gasteiger charge is -2.25. The third kappa shape index (κ3) is 12.5. The van der Waals surface area contributed by atoms with E-state index in [0.717, 1.165) is 11.1 Å². The third-order valence-electron chi connectivity index (χ3n) is 6.69. The number of hydrogen-bond donors (Lipinski definition) is 7. The molecule has 0 spiro atoms. The van der Waals surface area contributed by atoms with E-state index in [1.807, 2.05) is 60.7 Å². The van der Waals surface area contributed by atoms with Gasteiger partial charge in [-0.1, -0.05) is 60.7 Å². The molecule has 0 aliphatic rings. The molecule has 10 N–H and O–H groups in total. The summed E-state index contributed by atoms with van der Waals surface area (Å²) < 4.78 is 0. The van der Waals surface area contributed by atoms with Gasteiger partial charge in [-0.25, -0.2) is 4.79 Å². The van der Waals surface area contributed by atoms with Crippen LogP contribution in [-0.2, 0) is 32.0 Å². The quantitative estimate of drug-likeness (QED) is 0.119. The van der Waals surface area contributed by atoms with Crippen LogP contribution in [0.1, 0.15) is 49.7 Å². The highest BCUT2D eigenvalue weighted by Gasteiger charge is 2.30. The Morgan fingerprint density at radius 2 is 1.05 bits per heavy atom. The van der Waals surface area contributed by atoms with E-state index in [1.165, 1.54) is 0 Å². The van der Waals surface area contributed by atoms with E-state index < -0.39 is 47.9 Å². The first-order valence-electron chi connectivity index (χ1n) is 14.1. The molecule has 11 nitrogen and oxygen atoms in total. The van der Waals surface area contributed by atoms with Crippen molar-refractivity contribution in [3.8, 4) is 0 Å². The Balaban J connectivity index is 2.18. The summed E-state index contributed by atoms with van der Waals surface area (Å²) in [6.45, 7) is 0.826. The summed E-state index contributed by atoms with van der Waals surface area (Å²) in [6, 6.07) is 14.4. The Kier molecular flexibility index (Phi) is 15.1. The molecule has 4 atom stereocenters. The van der Waals surface area contributed by atoms with Crippen molar-refractivity contribution in [1.29, 1.82) is 0 Å². The van der Waals surface area contributed by atoms with Crippen LogP contribution in [0.4, 0.5) is 0 Å². The zero-order valence-electron chi connectivity index (χ0n) is 23.5. The van der Waals surface area contributed by atoms with E-state index in [2.05, 4.69) is 16.0 Å². The Hall–Kier alpha value is -3.80. The second-order valence-corrected chi connectivity index (χ2v) is 10.1. The molecule has 0 saturated carbocycles. The summed E-state index contributed by atoms with van der Waals surface area (Å²) in [5.74, 6) is -2.85. The highest BCUT2D eigenvalue weighted by molar-refractivity contribution is 5.94. The van der Waals surface area contributed by atoms with Crippen LogP contribution in [0.2, 0.25) is 0 Å². The van der Waals surface area contributed by atoms with Crippen LogP contribution in [0.15, 0.2) is 60.7 Å². The Labute approximate surface area is 241 Å². The first kappa shape index (κ1) is 33.4. The summed E-state index contributed by atoms with van der Waals surface area (Å²) >= 11 is 0. The largest absolute Gasteiger partial charge is 0.480 e. The fourth-order valence-corrected chi connectivity index (χ4v) is 4.35. The van der Waals surface area contributed by atoms with Gasteiger partial charge < -0.3 is 38.3 Å². The predicted molar refractivity (Wildman–Crippen MR) is 158 cm³/mol. The van der Waals surface area contributed by atoms with Crippen LogP contribution >= 0.6 is 0 Å². The maximum Gasteiger partial charge on any atom is 0.326 e. The summed E-state index contributed by atoms with van der Waals surface area (Å²) in [4.78, 5) is 51.5. The molecule has 0 fully saturated rings. The maximum absolute atomic E-state index is 13.5. The van der Waals surface area contributed by atoms with Crippen molar-refractivity contribution in [1.82, 2.24) is 16.0 Å². The number of rotatable bonds is 19.